The molecule has 1 heterocycles. The Morgan fingerprint density at radius 3 is 2.50 bits per heavy atom. The number of imide groups is 1. The van der Waals surface area contributed by atoms with E-state index in [1.807, 2.05) is 0 Å². The van der Waals surface area contributed by atoms with E-state index in [-0.39, 0.29) is 11.9 Å². The van der Waals surface area contributed by atoms with Crippen LogP contribution in [0.15, 0.2) is 48.5 Å². The first-order chi connectivity index (χ1) is 13.6. The number of amides is 3. The van der Waals surface area contributed by atoms with Gasteiger partial charge < -0.3 is 5.32 Å². The molecule has 3 amide bonds. The largest absolute Gasteiger partial charge is 0.352 e. The molecule has 1 aliphatic carbocycles. The fraction of sp³-hybridized carbons (Fsp3) is 0.318. The van der Waals surface area contributed by atoms with E-state index in [1.165, 1.54) is 6.42 Å². The molecule has 2 aromatic carbocycles. The van der Waals surface area contributed by atoms with Crippen molar-refractivity contribution in [2.24, 2.45) is 0 Å². The number of carbonyl (C=O) groups is 3. The monoisotopic (exact) mass is 396 g/mol. The highest BCUT2D eigenvalue weighted by atomic mass is 35.5. The molecule has 0 spiro atoms. The highest BCUT2D eigenvalue weighted by Crippen LogP contribution is 2.34. The standard InChI is InChI=1S/C22H21ClN2O3/c23-14-7-6-10-16(13-14)25-21(27)18-12-5-4-11-17(18)19(22(25)28)20(26)24-15-8-2-1-3-9-15/h4-7,10-13,15,19H,1-3,8-9H2,(H,24,26). The van der Waals surface area contributed by atoms with Gasteiger partial charge >= 0.3 is 0 Å². The summed E-state index contributed by atoms with van der Waals surface area (Å²) in [7, 11) is 0. The lowest BCUT2D eigenvalue weighted by molar-refractivity contribution is -0.130. The molecule has 4 rings (SSSR count). The summed E-state index contributed by atoms with van der Waals surface area (Å²) in [4.78, 5) is 40.5. The molecule has 0 saturated heterocycles. The second-order valence-corrected chi connectivity index (χ2v) is 7.76. The summed E-state index contributed by atoms with van der Waals surface area (Å²) in [6, 6.07) is 13.5. The summed E-state index contributed by atoms with van der Waals surface area (Å²) < 4.78 is 0. The van der Waals surface area contributed by atoms with Crippen LogP contribution in [0.4, 0.5) is 5.69 Å². The fourth-order valence-electron chi connectivity index (χ4n) is 4.07. The number of halogens is 1. The van der Waals surface area contributed by atoms with Crippen LogP contribution in [0.1, 0.15) is 53.9 Å². The van der Waals surface area contributed by atoms with Crippen molar-refractivity contribution in [3.05, 3.63) is 64.7 Å². The number of hydrogen-bond acceptors (Lipinski definition) is 3. The molecule has 0 aromatic heterocycles. The summed E-state index contributed by atoms with van der Waals surface area (Å²) in [5, 5.41) is 3.45. The van der Waals surface area contributed by atoms with Crippen LogP contribution in [-0.2, 0) is 9.59 Å². The van der Waals surface area contributed by atoms with Crippen molar-refractivity contribution in [2.45, 2.75) is 44.1 Å². The zero-order valence-electron chi connectivity index (χ0n) is 15.4. The van der Waals surface area contributed by atoms with Crippen LogP contribution in [0.2, 0.25) is 5.02 Å². The maximum Gasteiger partial charge on any atom is 0.265 e. The molecular formula is C22H21ClN2O3. The van der Waals surface area contributed by atoms with Gasteiger partial charge in [0.25, 0.3) is 11.8 Å². The normalized spacial score (nSPS) is 20.0. The summed E-state index contributed by atoms with van der Waals surface area (Å²) >= 11 is 6.06. The average Bonchev–Trinajstić information content (AvgIpc) is 2.69. The smallest absolute Gasteiger partial charge is 0.265 e. The SMILES string of the molecule is O=C(NC1CCCCC1)C1C(=O)N(c2cccc(Cl)c2)C(=O)c2ccccc21. The summed E-state index contributed by atoms with van der Waals surface area (Å²) in [5.74, 6) is -2.37. The number of hydrogen-bond donors (Lipinski definition) is 1. The minimum atomic E-state index is -1.05. The fourth-order valence-corrected chi connectivity index (χ4v) is 4.26. The molecule has 1 N–H and O–H groups in total. The molecule has 1 unspecified atom stereocenters. The van der Waals surface area contributed by atoms with E-state index in [0.717, 1.165) is 30.6 Å². The van der Waals surface area contributed by atoms with Gasteiger partial charge in [-0.15, -0.1) is 0 Å². The van der Waals surface area contributed by atoms with Crippen LogP contribution in [-0.4, -0.2) is 23.8 Å². The van der Waals surface area contributed by atoms with E-state index in [9.17, 15) is 14.4 Å². The Morgan fingerprint density at radius 1 is 1.00 bits per heavy atom. The first kappa shape index (κ1) is 18.7. The number of nitrogens with zero attached hydrogens (tertiary/aromatic N) is 1. The van der Waals surface area contributed by atoms with E-state index >= 15 is 0 Å². The molecule has 144 valence electrons. The zero-order chi connectivity index (χ0) is 19.7. The van der Waals surface area contributed by atoms with E-state index in [0.29, 0.717) is 21.8 Å². The Labute approximate surface area is 168 Å². The van der Waals surface area contributed by atoms with Crippen molar-refractivity contribution in [1.29, 1.82) is 0 Å². The molecular weight excluding hydrogens is 376 g/mol. The predicted molar refractivity (Wildman–Crippen MR) is 107 cm³/mol. The van der Waals surface area contributed by atoms with E-state index in [1.54, 1.807) is 48.5 Å². The van der Waals surface area contributed by atoms with Crippen LogP contribution in [0.5, 0.6) is 0 Å². The first-order valence-corrected chi connectivity index (χ1v) is 9.97. The van der Waals surface area contributed by atoms with Gasteiger partial charge in [-0.3, -0.25) is 14.4 Å². The van der Waals surface area contributed by atoms with Gasteiger partial charge in [-0.05, 0) is 42.7 Å². The number of rotatable bonds is 3. The van der Waals surface area contributed by atoms with Gasteiger partial charge in [0.05, 0.1) is 5.69 Å². The van der Waals surface area contributed by atoms with Gasteiger partial charge in [0.1, 0.15) is 5.92 Å². The molecule has 1 aliphatic heterocycles. The first-order valence-electron chi connectivity index (χ1n) is 9.59. The van der Waals surface area contributed by atoms with Crippen LogP contribution in [0.25, 0.3) is 0 Å². The van der Waals surface area contributed by atoms with Crippen molar-refractivity contribution in [2.75, 3.05) is 4.90 Å². The molecule has 6 heteroatoms. The van der Waals surface area contributed by atoms with Gasteiger partial charge in [-0.1, -0.05) is 55.1 Å². The molecule has 28 heavy (non-hydrogen) atoms. The summed E-state index contributed by atoms with van der Waals surface area (Å²) in [6.07, 6.45) is 5.17. The molecule has 0 radical (unpaired) electrons. The number of anilines is 1. The lowest BCUT2D eigenvalue weighted by Gasteiger charge is -2.33. The Bertz CT molecular complexity index is 937. The highest BCUT2D eigenvalue weighted by molar-refractivity contribution is 6.33. The van der Waals surface area contributed by atoms with Crippen molar-refractivity contribution < 1.29 is 14.4 Å². The van der Waals surface area contributed by atoms with Crippen molar-refractivity contribution in [3.8, 4) is 0 Å². The molecule has 1 saturated carbocycles. The molecule has 2 aromatic rings. The van der Waals surface area contributed by atoms with Gasteiger partial charge in [-0.2, -0.15) is 0 Å². The number of benzene rings is 2. The maximum absolute atomic E-state index is 13.3. The van der Waals surface area contributed by atoms with Crippen LogP contribution < -0.4 is 10.2 Å². The minimum absolute atomic E-state index is 0.0819. The second kappa shape index (κ2) is 7.76. The van der Waals surface area contributed by atoms with Gasteiger partial charge in [-0.25, -0.2) is 4.90 Å². The third kappa shape index (κ3) is 3.42. The average molecular weight is 397 g/mol. The molecule has 5 nitrogen and oxygen atoms in total. The molecule has 1 fully saturated rings. The third-order valence-electron chi connectivity index (χ3n) is 5.45. The van der Waals surface area contributed by atoms with Crippen LogP contribution >= 0.6 is 11.6 Å². The van der Waals surface area contributed by atoms with Gasteiger partial charge in [0.2, 0.25) is 5.91 Å². The topological polar surface area (TPSA) is 66.5 Å². The maximum atomic E-state index is 13.3. The summed E-state index contributed by atoms with van der Waals surface area (Å²) in [5.41, 5.74) is 1.20. The second-order valence-electron chi connectivity index (χ2n) is 7.32. The lowest BCUT2D eigenvalue weighted by atomic mass is 9.86. The minimum Gasteiger partial charge on any atom is -0.352 e. The lowest BCUT2D eigenvalue weighted by Crippen LogP contribution is -2.51. The molecule has 1 atom stereocenters. The van der Waals surface area contributed by atoms with E-state index < -0.39 is 17.7 Å². The van der Waals surface area contributed by atoms with Crippen molar-refractivity contribution >= 4 is 35.0 Å². The third-order valence-corrected chi connectivity index (χ3v) is 5.69. The predicted octanol–water partition coefficient (Wildman–Crippen LogP) is 4.06. The molecule has 2 aliphatic rings. The van der Waals surface area contributed by atoms with Gasteiger partial charge in [0, 0.05) is 16.6 Å². The van der Waals surface area contributed by atoms with E-state index in [2.05, 4.69) is 5.32 Å². The van der Waals surface area contributed by atoms with Gasteiger partial charge in [0.15, 0.2) is 0 Å². The highest BCUT2D eigenvalue weighted by Gasteiger charge is 2.43. The van der Waals surface area contributed by atoms with Crippen molar-refractivity contribution in [1.82, 2.24) is 5.32 Å². The quantitative estimate of drug-likeness (QED) is 0.628. The van der Waals surface area contributed by atoms with Crippen LogP contribution in [0.3, 0.4) is 0 Å². The zero-order valence-corrected chi connectivity index (χ0v) is 16.1. The number of carbonyl (C=O) groups excluding carboxylic acids is 3. The Morgan fingerprint density at radius 2 is 1.75 bits per heavy atom. The Kier molecular flexibility index (Phi) is 5.18. The number of fused-ring (bicyclic) bond motifs is 1. The number of nitrogens with one attached hydrogen (secondary N) is 1. The van der Waals surface area contributed by atoms with E-state index in [4.69, 9.17) is 11.6 Å². The summed E-state index contributed by atoms with van der Waals surface area (Å²) in [6.45, 7) is 0. The Hall–Kier alpha value is -2.66. The van der Waals surface area contributed by atoms with Crippen molar-refractivity contribution in [3.63, 3.8) is 0 Å². The van der Waals surface area contributed by atoms with Crippen LogP contribution in [0, 0.1) is 0 Å². The molecule has 0 bridgehead atoms. The Balaban J connectivity index is 1.72.